The van der Waals surface area contributed by atoms with Gasteiger partial charge in [-0.1, -0.05) is 127 Å². The maximum atomic E-state index is 5.39. The maximum absolute atomic E-state index is 5.39. The second kappa shape index (κ2) is 11.5. The quantitative estimate of drug-likeness (QED) is 0.183. The van der Waals surface area contributed by atoms with E-state index in [2.05, 4.69) is 196 Å². The predicted molar refractivity (Wildman–Crippen MR) is 228 cm³/mol. The Morgan fingerprint density at radius 3 is 1.49 bits per heavy atom. The van der Waals surface area contributed by atoms with Crippen LogP contribution in [0.1, 0.15) is 0 Å². The van der Waals surface area contributed by atoms with Gasteiger partial charge in [-0.15, -0.1) is 0 Å². The van der Waals surface area contributed by atoms with E-state index in [4.69, 9.17) is 9.97 Å². The highest BCUT2D eigenvalue weighted by Crippen LogP contribution is 2.39. The standard InChI is InChI=1S/C50H31N5/c1-2-12-32(13-3-1)33-22-26-36(27-23-33)53-44-19-9-5-14-37(44)39-28-24-34(30-47(39)53)35-25-29-40-38-15-6-10-20-45(38)54(48(40)31-35)50-52-42-17-7-4-16-41(42)49-51-43-18-8-11-21-46(43)55(49)50/h1-31H. The van der Waals surface area contributed by atoms with Gasteiger partial charge in [-0.05, 0) is 82.9 Å². The van der Waals surface area contributed by atoms with Crippen LogP contribution >= 0.6 is 0 Å². The molecule has 0 radical (unpaired) electrons. The molecule has 12 aromatic rings. The topological polar surface area (TPSA) is 40.0 Å². The molecule has 256 valence electrons. The van der Waals surface area contributed by atoms with Gasteiger partial charge in [0, 0.05) is 32.6 Å². The van der Waals surface area contributed by atoms with Gasteiger partial charge in [0.25, 0.3) is 0 Å². The first kappa shape index (κ1) is 30.0. The molecule has 4 heterocycles. The van der Waals surface area contributed by atoms with Crippen LogP contribution in [0.25, 0.3) is 105 Å². The fraction of sp³-hybridized carbons (Fsp3) is 0. The van der Waals surface area contributed by atoms with Gasteiger partial charge in [0.2, 0.25) is 5.95 Å². The Morgan fingerprint density at radius 2 is 0.800 bits per heavy atom. The SMILES string of the molecule is c1ccc(-c2ccc(-n3c4ccccc4c4ccc(-c5ccc6c7ccccc7n(-c7nc8ccccc8c8nc9ccccc9n78)c6c5)cc43)cc2)cc1. The Balaban J connectivity index is 1.10. The largest absolute Gasteiger partial charge is 0.309 e. The Bertz CT molecular complexity index is 3480. The molecule has 8 aromatic carbocycles. The van der Waals surface area contributed by atoms with Crippen molar-refractivity contribution in [3.05, 3.63) is 188 Å². The van der Waals surface area contributed by atoms with Crippen molar-refractivity contribution in [3.8, 4) is 33.9 Å². The van der Waals surface area contributed by atoms with Gasteiger partial charge in [0.15, 0.2) is 0 Å². The van der Waals surface area contributed by atoms with Crippen molar-refractivity contribution in [3.63, 3.8) is 0 Å². The van der Waals surface area contributed by atoms with Crippen molar-refractivity contribution in [1.82, 2.24) is 23.5 Å². The van der Waals surface area contributed by atoms with Crippen LogP contribution in [0.2, 0.25) is 0 Å². The Labute approximate surface area is 315 Å². The number of rotatable bonds is 4. The zero-order valence-corrected chi connectivity index (χ0v) is 29.6. The molecule has 5 nitrogen and oxygen atoms in total. The summed E-state index contributed by atoms with van der Waals surface area (Å²) in [5.41, 5.74) is 14.2. The minimum atomic E-state index is 0.820. The summed E-state index contributed by atoms with van der Waals surface area (Å²) >= 11 is 0. The molecule has 55 heavy (non-hydrogen) atoms. The van der Waals surface area contributed by atoms with Crippen molar-refractivity contribution < 1.29 is 0 Å². The average molecular weight is 702 g/mol. The van der Waals surface area contributed by atoms with E-state index in [1.54, 1.807) is 0 Å². The van der Waals surface area contributed by atoms with Crippen molar-refractivity contribution in [2.24, 2.45) is 0 Å². The van der Waals surface area contributed by atoms with Gasteiger partial charge >= 0.3 is 0 Å². The summed E-state index contributed by atoms with van der Waals surface area (Å²) in [6, 6.07) is 67.3. The normalized spacial score (nSPS) is 12.0. The second-order valence-electron chi connectivity index (χ2n) is 14.3. The van der Waals surface area contributed by atoms with E-state index in [1.165, 1.54) is 43.7 Å². The highest BCUT2D eigenvalue weighted by molar-refractivity contribution is 6.12. The number of nitrogens with zero attached hydrogens (tertiary/aromatic N) is 5. The molecule has 0 spiro atoms. The van der Waals surface area contributed by atoms with Crippen LogP contribution in [0, 0.1) is 0 Å². The van der Waals surface area contributed by atoms with Gasteiger partial charge in [-0.25, -0.2) is 9.97 Å². The van der Waals surface area contributed by atoms with Crippen LogP contribution in [0.4, 0.5) is 0 Å². The number of benzene rings is 8. The summed E-state index contributed by atoms with van der Waals surface area (Å²) in [5.74, 6) is 0.820. The number of hydrogen-bond donors (Lipinski definition) is 0. The van der Waals surface area contributed by atoms with Crippen LogP contribution in [0.3, 0.4) is 0 Å². The third-order valence-corrected chi connectivity index (χ3v) is 11.2. The molecule has 5 heteroatoms. The molecule has 4 aromatic heterocycles. The first-order valence-electron chi connectivity index (χ1n) is 18.7. The van der Waals surface area contributed by atoms with Crippen LogP contribution in [0.15, 0.2) is 188 Å². The maximum Gasteiger partial charge on any atom is 0.221 e. The first-order valence-corrected chi connectivity index (χ1v) is 18.7. The van der Waals surface area contributed by atoms with Crippen LogP contribution < -0.4 is 0 Å². The van der Waals surface area contributed by atoms with E-state index < -0.39 is 0 Å². The second-order valence-corrected chi connectivity index (χ2v) is 14.3. The van der Waals surface area contributed by atoms with Gasteiger partial charge in [0.05, 0.1) is 38.6 Å². The van der Waals surface area contributed by atoms with E-state index in [0.29, 0.717) is 0 Å². The molecule has 0 aliphatic rings. The summed E-state index contributed by atoms with van der Waals surface area (Å²) in [4.78, 5) is 10.5. The molecule has 0 unspecified atom stereocenters. The number of imidazole rings is 1. The molecule has 0 aliphatic heterocycles. The predicted octanol–water partition coefficient (Wildman–Crippen LogP) is 12.6. The molecule has 0 saturated carbocycles. The molecule has 0 saturated heterocycles. The highest BCUT2D eigenvalue weighted by Gasteiger charge is 2.21. The van der Waals surface area contributed by atoms with Crippen LogP contribution in [0.5, 0.6) is 0 Å². The van der Waals surface area contributed by atoms with Crippen molar-refractivity contribution >= 4 is 71.2 Å². The Morgan fingerprint density at radius 1 is 0.309 bits per heavy atom. The zero-order valence-electron chi connectivity index (χ0n) is 29.6. The summed E-state index contributed by atoms with van der Waals surface area (Å²) in [6.07, 6.45) is 0. The summed E-state index contributed by atoms with van der Waals surface area (Å²) in [7, 11) is 0. The van der Waals surface area contributed by atoms with Crippen LogP contribution in [-0.2, 0) is 0 Å². The lowest BCUT2D eigenvalue weighted by Crippen LogP contribution is -2.06. The lowest BCUT2D eigenvalue weighted by molar-refractivity contribution is 0.979. The third kappa shape index (κ3) is 4.41. The molecule has 0 atom stereocenters. The van der Waals surface area contributed by atoms with Crippen LogP contribution in [-0.4, -0.2) is 23.5 Å². The smallest absolute Gasteiger partial charge is 0.221 e. The molecule has 0 N–H and O–H groups in total. The summed E-state index contributed by atoms with van der Waals surface area (Å²) in [6.45, 7) is 0. The molecule has 0 amide bonds. The number of aromatic nitrogens is 5. The third-order valence-electron chi connectivity index (χ3n) is 11.2. The fourth-order valence-corrected chi connectivity index (χ4v) is 8.70. The highest BCUT2D eigenvalue weighted by atomic mass is 15.2. The Kier molecular flexibility index (Phi) is 6.27. The van der Waals surface area contributed by atoms with Crippen molar-refractivity contribution in [2.75, 3.05) is 0 Å². The molecular formula is C50H31N5. The fourth-order valence-electron chi connectivity index (χ4n) is 8.70. The average Bonchev–Trinajstić information content (AvgIpc) is 3.92. The first-order chi connectivity index (χ1) is 27.3. The van der Waals surface area contributed by atoms with Gasteiger partial charge < -0.3 is 4.57 Å². The number of para-hydroxylation sites is 5. The van der Waals surface area contributed by atoms with Gasteiger partial charge in [0.1, 0.15) is 5.65 Å². The number of fused-ring (bicyclic) bond motifs is 11. The summed E-state index contributed by atoms with van der Waals surface area (Å²) < 4.78 is 6.95. The minimum Gasteiger partial charge on any atom is -0.309 e. The monoisotopic (exact) mass is 701 g/mol. The summed E-state index contributed by atoms with van der Waals surface area (Å²) in [5, 5.41) is 5.87. The molecule has 0 aliphatic carbocycles. The lowest BCUT2D eigenvalue weighted by Gasteiger charge is -2.13. The molecule has 12 rings (SSSR count). The van der Waals surface area contributed by atoms with Crippen molar-refractivity contribution in [1.29, 1.82) is 0 Å². The molecule has 0 fully saturated rings. The van der Waals surface area contributed by atoms with E-state index in [1.807, 2.05) is 6.07 Å². The van der Waals surface area contributed by atoms with Gasteiger partial charge in [-0.3, -0.25) is 8.97 Å². The minimum absolute atomic E-state index is 0.820. The molecular weight excluding hydrogens is 671 g/mol. The Hall–Kier alpha value is -7.50. The molecule has 0 bridgehead atoms. The lowest BCUT2D eigenvalue weighted by atomic mass is 10.0. The number of hydrogen-bond acceptors (Lipinski definition) is 2. The van der Waals surface area contributed by atoms with Crippen molar-refractivity contribution in [2.45, 2.75) is 0 Å². The van der Waals surface area contributed by atoms with E-state index in [9.17, 15) is 0 Å². The van der Waals surface area contributed by atoms with E-state index >= 15 is 0 Å². The zero-order chi connectivity index (χ0) is 36.0. The van der Waals surface area contributed by atoms with Gasteiger partial charge in [-0.2, -0.15) is 0 Å². The van der Waals surface area contributed by atoms with E-state index in [0.717, 1.165) is 61.4 Å². The van der Waals surface area contributed by atoms with E-state index in [-0.39, 0.29) is 0 Å².